The molecule has 0 bridgehead atoms. The highest BCUT2D eigenvalue weighted by Gasteiger charge is 2.48. The molecule has 2 amide bonds. The summed E-state index contributed by atoms with van der Waals surface area (Å²) < 4.78 is 12.9. The number of hydrogen-bond donors (Lipinski definition) is 2. The van der Waals surface area contributed by atoms with E-state index in [1.165, 1.54) is 24.3 Å². The van der Waals surface area contributed by atoms with Gasteiger partial charge in [-0.15, -0.1) is 0 Å². The van der Waals surface area contributed by atoms with Crippen molar-refractivity contribution < 1.29 is 14.0 Å². The second-order valence-electron chi connectivity index (χ2n) is 6.59. The van der Waals surface area contributed by atoms with Crippen molar-refractivity contribution in [3.05, 3.63) is 59.4 Å². The smallest absolute Gasteiger partial charge is 0.228 e. The zero-order chi connectivity index (χ0) is 18.7. The summed E-state index contributed by atoms with van der Waals surface area (Å²) in [4.78, 5) is 24.9. The summed E-state index contributed by atoms with van der Waals surface area (Å²) in [5.74, 6) is -1.31. The van der Waals surface area contributed by atoms with Crippen LogP contribution in [0.5, 0.6) is 0 Å². The fourth-order valence-electron chi connectivity index (χ4n) is 3.16. The molecule has 1 aliphatic carbocycles. The van der Waals surface area contributed by atoms with Crippen molar-refractivity contribution in [2.75, 3.05) is 10.6 Å². The number of nitrogens with one attached hydrogen (secondary N) is 2. The molecule has 2 aromatic carbocycles. The molecule has 0 heterocycles. The third-order valence-electron chi connectivity index (χ3n) is 4.82. The van der Waals surface area contributed by atoms with Crippen molar-refractivity contribution in [1.82, 2.24) is 0 Å². The molecule has 2 unspecified atom stereocenters. The maximum Gasteiger partial charge on any atom is 0.228 e. The van der Waals surface area contributed by atoms with Crippen LogP contribution in [0.2, 0.25) is 0 Å². The minimum Gasteiger partial charge on any atom is -0.326 e. The van der Waals surface area contributed by atoms with Gasteiger partial charge in [-0.2, -0.15) is 0 Å². The molecule has 0 aliphatic heterocycles. The lowest BCUT2D eigenvalue weighted by Gasteiger charge is -2.14. The van der Waals surface area contributed by atoms with Gasteiger partial charge in [0.1, 0.15) is 5.82 Å². The quantitative estimate of drug-likeness (QED) is 0.818. The van der Waals surface area contributed by atoms with E-state index in [0.29, 0.717) is 12.1 Å². The normalized spacial score (nSPS) is 18.3. The monoisotopic (exact) mass is 354 g/mol. The predicted octanol–water partition coefficient (Wildman–Crippen LogP) is 4.16. The molecule has 2 N–H and O–H groups in total. The first-order valence-corrected chi connectivity index (χ1v) is 9.01. The van der Waals surface area contributed by atoms with Gasteiger partial charge in [0.05, 0.1) is 11.8 Å². The molecule has 5 heteroatoms. The van der Waals surface area contributed by atoms with Gasteiger partial charge >= 0.3 is 0 Å². The highest BCUT2D eigenvalue weighted by molar-refractivity contribution is 6.03. The van der Waals surface area contributed by atoms with E-state index in [1.807, 2.05) is 18.2 Å². The predicted molar refractivity (Wildman–Crippen MR) is 100 cm³/mol. The van der Waals surface area contributed by atoms with E-state index in [0.717, 1.165) is 29.7 Å². The van der Waals surface area contributed by atoms with Crippen LogP contribution in [0.25, 0.3) is 0 Å². The van der Waals surface area contributed by atoms with Crippen LogP contribution in [0.4, 0.5) is 15.8 Å². The molecular formula is C21H23FN2O2. The standard InChI is InChI=1S/C21H23FN2O2/c1-3-13-6-5-7-14(4-2)19(13)24-21(26)18-12-17(18)20(25)23-16-10-8-15(22)9-11-16/h5-11,17-18H,3-4,12H2,1-2H3,(H,23,25)(H,24,26). The van der Waals surface area contributed by atoms with E-state index in [-0.39, 0.29) is 29.5 Å². The Labute approximate surface area is 152 Å². The summed E-state index contributed by atoms with van der Waals surface area (Å²) in [5, 5.41) is 5.77. The molecule has 2 aromatic rings. The number of rotatable bonds is 6. The number of aryl methyl sites for hydroxylation is 2. The van der Waals surface area contributed by atoms with Gasteiger partial charge in [0.25, 0.3) is 0 Å². The van der Waals surface area contributed by atoms with Gasteiger partial charge in [-0.3, -0.25) is 9.59 Å². The molecule has 2 atom stereocenters. The first kappa shape index (κ1) is 18.1. The molecule has 0 aromatic heterocycles. The Hall–Kier alpha value is -2.69. The SMILES string of the molecule is CCc1cccc(CC)c1NC(=O)C1CC1C(=O)Nc1ccc(F)cc1. The lowest BCUT2D eigenvalue weighted by molar-refractivity contribution is -0.122. The summed E-state index contributed by atoms with van der Waals surface area (Å²) in [7, 11) is 0. The van der Waals surface area contributed by atoms with Crippen LogP contribution in [0.3, 0.4) is 0 Å². The van der Waals surface area contributed by atoms with E-state index in [1.54, 1.807) is 0 Å². The fourth-order valence-corrected chi connectivity index (χ4v) is 3.16. The maximum absolute atomic E-state index is 12.9. The molecule has 1 aliphatic rings. The number of carbonyl (C=O) groups excluding carboxylic acids is 2. The van der Waals surface area contributed by atoms with Crippen LogP contribution in [-0.4, -0.2) is 11.8 Å². The van der Waals surface area contributed by atoms with Crippen LogP contribution in [0.1, 0.15) is 31.4 Å². The van der Waals surface area contributed by atoms with E-state index < -0.39 is 0 Å². The van der Waals surface area contributed by atoms with Gasteiger partial charge in [0.15, 0.2) is 0 Å². The van der Waals surface area contributed by atoms with Gasteiger partial charge in [0.2, 0.25) is 11.8 Å². The Morgan fingerprint density at radius 3 is 2.00 bits per heavy atom. The highest BCUT2D eigenvalue weighted by atomic mass is 19.1. The van der Waals surface area contributed by atoms with Crippen LogP contribution in [0.15, 0.2) is 42.5 Å². The highest BCUT2D eigenvalue weighted by Crippen LogP contribution is 2.40. The Morgan fingerprint density at radius 2 is 1.46 bits per heavy atom. The minimum atomic E-state index is -0.354. The average Bonchev–Trinajstić information content (AvgIpc) is 3.45. The summed E-state index contributed by atoms with van der Waals surface area (Å²) in [6.45, 7) is 4.11. The van der Waals surface area contributed by atoms with Gasteiger partial charge in [-0.25, -0.2) is 4.39 Å². The fraction of sp³-hybridized carbons (Fsp3) is 0.333. The van der Waals surface area contributed by atoms with Gasteiger partial charge in [-0.1, -0.05) is 32.0 Å². The summed E-state index contributed by atoms with van der Waals surface area (Å²) >= 11 is 0. The molecule has 26 heavy (non-hydrogen) atoms. The van der Waals surface area contributed by atoms with Gasteiger partial charge in [0, 0.05) is 11.4 Å². The van der Waals surface area contributed by atoms with Crippen molar-refractivity contribution in [2.24, 2.45) is 11.8 Å². The molecule has 3 rings (SSSR count). The Morgan fingerprint density at radius 1 is 0.923 bits per heavy atom. The van der Waals surface area contributed by atoms with Crippen molar-refractivity contribution >= 4 is 23.2 Å². The molecule has 1 saturated carbocycles. The average molecular weight is 354 g/mol. The summed E-state index contributed by atoms with van der Waals surface area (Å²) in [6.07, 6.45) is 2.21. The van der Waals surface area contributed by atoms with Crippen molar-refractivity contribution in [2.45, 2.75) is 33.1 Å². The van der Waals surface area contributed by atoms with Crippen LogP contribution in [-0.2, 0) is 22.4 Å². The van der Waals surface area contributed by atoms with Crippen LogP contribution >= 0.6 is 0 Å². The number of carbonyl (C=O) groups is 2. The van der Waals surface area contributed by atoms with E-state index in [4.69, 9.17) is 0 Å². The zero-order valence-electron chi connectivity index (χ0n) is 15.0. The Balaban J connectivity index is 1.62. The van der Waals surface area contributed by atoms with E-state index >= 15 is 0 Å². The second-order valence-corrected chi connectivity index (χ2v) is 6.59. The molecule has 1 fully saturated rings. The van der Waals surface area contributed by atoms with Crippen LogP contribution in [0, 0.1) is 17.7 Å². The second kappa shape index (κ2) is 7.68. The maximum atomic E-state index is 12.9. The Kier molecular flexibility index (Phi) is 5.35. The summed E-state index contributed by atoms with van der Waals surface area (Å²) in [6, 6.07) is 11.6. The number of amides is 2. The number of benzene rings is 2. The molecular weight excluding hydrogens is 331 g/mol. The third kappa shape index (κ3) is 3.93. The van der Waals surface area contributed by atoms with Crippen molar-refractivity contribution in [1.29, 1.82) is 0 Å². The molecule has 0 spiro atoms. The number of anilines is 2. The van der Waals surface area contributed by atoms with Crippen LogP contribution < -0.4 is 10.6 Å². The topological polar surface area (TPSA) is 58.2 Å². The first-order valence-electron chi connectivity index (χ1n) is 9.01. The molecule has 0 saturated heterocycles. The lowest BCUT2D eigenvalue weighted by atomic mass is 10.0. The number of hydrogen-bond acceptors (Lipinski definition) is 2. The van der Waals surface area contributed by atoms with Gasteiger partial charge in [-0.05, 0) is 54.7 Å². The van der Waals surface area contributed by atoms with Crippen molar-refractivity contribution in [3.63, 3.8) is 0 Å². The molecule has 4 nitrogen and oxygen atoms in total. The largest absolute Gasteiger partial charge is 0.326 e. The number of para-hydroxylation sites is 1. The number of halogens is 1. The van der Waals surface area contributed by atoms with Gasteiger partial charge < -0.3 is 10.6 Å². The zero-order valence-corrected chi connectivity index (χ0v) is 15.0. The third-order valence-corrected chi connectivity index (χ3v) is 4.82. The first-order chi connectivity index (χ1) is 12.5. The summed E-state index contributed by atoms with van der Waals surface area (Å²) in [5.41, 5.74) is 3.62. The minimum absolute atomic E-state index is 0.111. The van der Waals surface area contributed by atoms with Crippen molar-refractivity contribution in [3.8, 4) is 0 Å². The Bertz CT molecular complexity index is 795. The molecule has 0 radical (unpaired) electrons. The van der Waals surface area contributed by atoms with E-state index in [2.05, 4.69) is 24.5 Å². The van der Waals surface area contributed by atoms with E-state index in [9.17, 15) is 14.0 Å². The molecule has 136 valence electrons. The lowest BCUT2D eigenvalue weighted by Crippen LogP contribution is -2.21.